The second-order valence-electron chi connectivity index (χ2n) is 5.57. The molecule has 0 aliphatic rings. The van der Waals surface area contributed by atoms with Crippen molar-refractivity contribution in [1.29, 1.82) is 0 Å². The molecule has 1 aromatic heterocycles. The van der Waals surface area contributed by atoms with Gasteiger partial charge >= 0.3 is 0 Å². The lowest BCUT2D eigenvalue weighted by Gasteiger charge is -2.35. The zero-order valence-electron chi connectivity index (χ0n) is 13.1. The molecular weight excluding hydrogens is 252 g/mol. The van der Waals surface area contributed by atoms with Gasteiger partial charge in [-0.15, -0.1) is 11.3 Å². The van der Waals surface area contributed by atoms with Gasteiger partial charge in [-0.1, -0.05) is 34.1 Å². The van der Waals surface area contributed by atoms with E-state index in [4.69, 9.17) is 5.73 Å². The fourth-order valence-corrected chi connectivity index (χ4v) is 3.55. The Hall–Kier alpha value is -0.380. The van der Waals surface area contributed by atoms with Gasteiger partial charge in [0.15, 0.2) is 0 Å². The molecule has 2 nitrogen and oxygen atoms in total. The van der Waals surface area contributed by atoms with Gasteiger partial charge in [-0.05, 0) is 37.9 Å². The highest BCUT2D eigenvalue weighted by atomic mass is 32.1. The second-order valence-corrected chi connectivity index (χ2v) is 6.89. The van der Waals surface area contributed by atoms with Crippen molar-refractivity contribution < 1.29 is 0 Å². The lowest BCUT2D eigenvalue weighted by molar-refractivity contribution is 0.156. The van der Waals surface area contributed by atoms with Crippen molar-refractivity contribution >= 4 is 11.3 Å². The summed E-state index contributed by atoms with van der Waals surface area (Å²) in [7, 11) is 0. The number of nitrogens with two attached hydrogens (primary N) is 1. The predicted octanol–water partition coefficient (Wildman–Crippen LogP) is 4.20. The van der Waals surface area contributed by atoms with Gasteiger partial charge in [0, 0.05) is 22.3 Å². The highest BCUT2D eigenvalue weighted by Crippen LogP contribution is 2.31. The maximum absolute atomic E-state index is 6.42. The molecule has 3 heteroatoms. The maximum Gasteiger partial charge on any atom is 0.0593 e. The molecule has 0 spiro atoms. The van der Waals surface area contributed by atoms with Crippen LogP contribution in [0.1, 0.15) is 56.3 Å². The number of hydrogen-bond donors (Lipinski definition) is 1. The number of hydrogen-bond acceptors (Lipinski definition) is 3. The molecule has 0 aliphatic heterocycles. The Bertz CT molecular complexity index is 361. The van der Waals surface area contributed by atoms with Crippen LogP contribution in [-0.4, -0.2) is 24.0 Å². The molecule has 0 radical (unpaired) electrons. The third-order valence-electron chi connectivity index (χ3n) is 3.97. The molecule has 3 unspecified atom stereocenters. The Kier molecular flexibility index (Phi) is 7.05. The molecule has 110 valence electrons. The first kappa shape index (κ1) is 16.7. The summed E-state index contributed by atoms with van der Waals surface area (Å²) in [5, 5.41) is 0. The lowest BCUT2D eigenvalue weighted by Crippen LogP contribution is -2.42. The van der Waals surface area contributed by atoms with E-state index >= 15 is 0 Å². The first-order chi connectivity index (χ1) is 9.03. The van der Waals surface area contributed by atoms with E-state index in [1.807, 2.05) is 11.3 Å². The summed E-state index contributed by atoms with van der Waals surface area (Å²) in [6, 6.07) is 5.08. The fourth-order valence-electron chi connectivity index (χ4n) is 2.47. The van der Waals surface area contributed by atoms with E-state index in [-0.39, 0.29) is 6.04 Å². The van der Waals surface area contributed by atoms with Gasteiger partial charge in [-0.2, -0.15) is 0 Å². The molecule has 0 aliphatic carbocycles. The average molecular weight is 282 g/mol. The Morgan fingerprint density at radius 3 is 2.32 bits per heavy atom. The molecule has 1 rings (SSSR count). The van der Waals surface area contributed by atoms with E-state index in [2.05, 4.69) is 51.7 Å². The lowest BCUT2D eigenvalue weighted by atomic mass is 10.0. The number of nitrogens with zero attached hydrogens (tertiary/aromatic N) is 1. The van der Waals surface area contributed by atoms with Gasteiger partial charge in [0.2, 0.25) is 0 Å². The van der Waals surface area contributed by atoms with Gasteiger partial charge in [-0.3, -0.25) is 4.90 Å². The van der Waals surface area contributed by atoms with E-state index in [1.165, 1.54) is 16.2 Å². The molecule has 2 N–H and O–H groups in total. The normalized spacial score (nSPS) is 16.6. The summed E-state index contributed by atoms with van der Waals surface area (Å²) in [4.78, 5) is 5.37. The third-order valence-corrected chi connectivity index (χ3v) is 5.04. The summed E-state index contributed by atoms with van der Waals surface area (Å²) >= 11 is 1.90. The van der Waals surface area contributed by atoms with Crippen molar-refractivity contribution in [3.63, 3.8) is 0 Å². The van der Waals surface area contributed by atoms with Crippen molar-refractivity contribution in [2.24, 2.45) is 11.7 Å². The minimum atomic E-state index is 0.224. The molecule has 0 bridgehead atoms. The van der Waals surface area contributed by atoms with Crippen molar-refractivity contribution in [2.75, 3.05) is 13.1 Å². The van der Waals surface area contributed by atoms with Crippen molar-refractivity contribution in [2.45, 2.75) is 59.5 Å². The molecule has 0 amide bonds. The van der Waals surface area contributed by atoms with Crippen LogP contribution in [0, 0.1) is 12.8 Å². The fraction of sp³-hybridized carbons (Fsp3) is 0.750. The van der Waals surface area contributed by atoms with E-state index in [0.29, 0.717) is 6.04 Å². The van der Waals surface area contributed by atoms with Gasteiger partial charge in [-0.25, -0.2) is 0 Å². The Labute approximate surface area is 123 Å². The standard InChI is InChI=1S/C16H30N2S/c1-6-12(4)11-18(8-3)16(14(17)7-2)15-10-9-13(5)19-15/h9-10,12,14,16H,6-8,11,17H2,1-5H3. The highest BCUT2D eigenvalue weighted by molar-refractivity contribution is 7.12. The average Bonchev–Trinajstić information content (AvgIpc) is 2.83. The van der Waals surface area contributed by atoms with Gasteiger partial charge in [0.05, 0.1) is 6.04 Å². The maximum atomic E-state index is 6.42. The Morgan fingerprint density at radius 2 is 1.89 bits per heavy atom. The van der Waals surface area contributed by atoms with E-state index in [1.54, 1.807) is 0 Å². The van der Waals surface area contributed by atoms with Crippen molar-refractivity contribution in [1.82, 2.24) is 4.90 Å². The zero-order chi connectivity index (χ0) is 14.4. The van der Waals surface area contributed by atoms with Crippen LogP contribution < -0.4 is 5.73 Å². The second kappa shape index (κ2) is 8.03. The summed E-state index contributed by atoms with van der Waals surface area (Å²) in [5.41, 5.74) is 6.42. The zero-order valence-corrected chi connectivity index (χ0v) is 14.0. The molecule has 1 aromatic rings. The Balaban J connectivity index is 2.94. The van der Waals surface area contributed by atoms with E-state index in [0.717, 1.165) is 25.4 Å². The van der Waals surface area contributed by atoms with Gasteiger partial charge in [0.1, 0.15) is 0 Å². The molecule has 0 saturated heterocycles. The monoisotopic (exact) mass is 282 g/mol. The summed E-state index contributed by atoms with van der Waals surface area (Å²) in [5.74, 6) is 0.729. The van der Waals surface area contributed by atoms with Gasteiger partial charge in [0.25, 0.3) is 0 Å². The summed E-state index contributed by atoms with van der Waals surface area (Å²) in [6.45, 7) is 13.4. The highest BCUT2D eigenvalue weighted by Gasteiger charge is 2.26. The minimum absolute atomic E-state index is 0.224. The summed E-state index contributed by atoms with van der Waals surface area (Å²) < 4.78 is 0. The molecule has 1 heterocycles. The van der Waals surface area contributed by atoms with Crippen LogP contribution in [0.2, 0.25) is 0 Å². The molecule has 19 heavy (non-hydrogen) atoms. The molecule has 0 fully saturated rings. The molecule has 0 saturated carbocycles. The van der Waals surface area contributed by atoms with Crippen LogP contribution in [0.15, 0.2) is 12.1 Å². The topological polar surface area (TPSA) is 29.3 Å². The van der Waals surface area contributed by atoms with Crippen LogP contribution in [-0.2, 0) is 0 Å². The predicted molar refractivity (Wildman–Crippen MR) is 86.8 cm³/mol. The SMILES string of the molecule is CCC(C)CN(CC)C(c1ccc(C)s1)C(N)CC. The summed E-state index contributed by atoms with van der Waals surface area (Å²) in [6.07, 6.45) is 2.26. The van der Waals surface area contributed by atoms with Crippen LogP contribution >= 0.6 is 11.3 Å². The Morgan fingerprint density at radius 1 is 1.21 bits per heavy atom. The number of thiophene rings is 1. The van der Waals surface area contributed by atoms with Gasteiger partial charge < -0.3 is 5.73 Å². The van der Waals surface area contributed by atoms with Crippen LogP contribution in [0.3, 0.4) is 0 Å². The number of likely N-dealkylation sites (N-methyl/N-ethyl adjacent to an activating group) is 1. The third kappa shape index (κ3) is 4.59. The van der Waals surface area contributed by atoms with Crippen molar-refractivity contribution in [3.8, 4) is 0 Å². The molecular formula is C16H30N2S. The van der Waals surface area contributed by atoms with Crippen LogP contribution in [0.4, 0.5) is 0 Å². The smallest absolute Gasteiger partial charge is 0.0593 e. The molecule has 3 atom stereocenters. The first-order valence-corrected chi connectivity index (χ1v) is 8.40. The first-order valence-electron chi connectivity index (χ1n) is 7.59. The number of rotatable bonds is 8. The largest absolute Gasteiger partial charge is 0.326 e. The van der Waals surface area contributed by atoms with E-state index in [9.17, 15) is 0 Å². The van der Waals surface area contributed by atoms with Crippen LogP contribution in [0.25, 0.3) is 0 Å². The molecule has 0 aromatic carbocycles. The minimum Gasteiger partial charge on any atom is -0.326 e. The van der Waals surface area contributed by atoms with Crippen molar-refractivity contribution in [3.05, 3.63) is 21.9 Å². The van der Waals surface area contributed by atoms with Crippen LogP contribution in [0.5, 0.6) is 0 Å². The quantitative estimate of drug-likeness (QED) is 0.774. The number of aryl methyl sites for hydroxylation is 1. The van der Waals surface area contributed by atoms with E-state index < -0.39 is 0 Å².